The van der Waals surface area contributed by atoms with Crippen molar-refractivity contribution in [3.63, 3.8) is 0 Å². The van der Waals surface area contributed by atoms with E-state index in [1.54, 1.807) is 37.3 Å². The molecule has 1 fully saturated rings. The van der Waals surface area contributed by atoms with Crippen molar-refractivity contribution in [2.45, 2.75) is 32.3 Å². The van der Waals surface area contributed by atoms with Gasteiger partial charge in [-0.05, 0) is 73.2 Å². The Bertz CT molecular complexity index is 2270. The summed E-state index contributed by atoms with van der Waals surface area (Å²) in [6.45, 7) is 5.46. The van der Waals surface area contributed by atoms with Crippen molar-refractivity contribution >= 4 is 44.3 Å². The van der Waals surface area contributed by atoms with Gasteiger partial charge >= 0.3 is 5.97 Å². The Morgan fingerprint density at radius 2 is 1.43 bits per heavy atom. The third kappa shape index (κ3) is 14.9. The number of halogens is 1. The number of sulfonamides is 1. The first kappa shape index (κ1) is 48.8. The van der Waals surface area contributed by atoms with E-state index in [9.17, 15) is 32.3 Å². The molecular formula is C45H55FN2O14S. The third-order valence-electron chi connectivity index (χ3n) is 9.62. The number of anilines is 1. The quantitative estimate of drug-likeness (QED) is 0.0220. The maximum absolute atomic E-state index is 13.7. The van der Waals surface area contributed by atoms with E-state index in [-0.39, 0.29) is 57.2 Å². The number of benzene rings is 3. The smallest absolute Gasteiger partial charge is 0.373 e. The lowest BCUT2D eigenvalue weighted by molar-refractivity contribution is -0.141. The Kier molecular flexibility index (Phi) is 19.1. The fourth-order valence-electron chi connectivity index (χ4n) is 6.43. The molecule has 5 rings (SSSR count). The van der Waals surface area contributed by atoms with Crippen LogP contribution in [0.25, 0.3) is 22.3 Å². The summed E-state index contributed by atoms with van der Waals surface area (Å²) in [5, 5.41) is 12.9. The molecule has 0 aliphatic heterocycles. The number of nitrogens with one attached hydrogen (secondary N) is 1. The first-order chi connectivity index (χ1) is 30.4. The van der Waals surface area contributed by atoms with Crippen LogP contribution in [-0.4, -0.2) is 130 Å². The summed E-state index contributed by atoms with van der Waals surface area (Å²) in [6, 6.07) is 15.8. The van der Waals surface area contributed by atoms with Crippen LogP contribution in [0.5, 0.6) is 0 Å². The maximum Gasteiger partial charge on any atom is 0.373 e. The van der Waals surface area contributed by atoms with Crippen molar-refractivity contribution in [2.75, 3.05) is 103 Å². The number of fused-ring (bicyclic) bond motifs is 1. The molecule has 18 heteroatoms. The molecule has 1 aromatic heterocycles. The van der Waals surface area contributed by atoms with Gasteiger partial charge in [-0.25, -0.2) is 17.6 Å². The minimum atomic E-state index is -3.74. The Balaban J connectivity index is 0.929. The standard InChI is InChI=1S/C45H55FN2O14S/c1-4-61-45(52)40(50)29-39(49)34-7-5-6-31(26-34)30-60-25-24-59-23-22-58-21-20-57-19-18-56-17-16-55-15-14-48(63(3,53)54)38-28-41-37(27-36(38)32-8-9-32)42(44(51)47-2)43(62-41)33-10-12-35(46)13-11-33/h5-7,10-13,26-29,32,50H,4,8-9,14-25,30H2,1-3H3,(H,47,51)/b40-29-. The van der Waals surface area contributed by atoms with Gasteiger partial charge in [0.15, 0.2) is 5.78 Å². The molecular weight excluding hydrogens is 844 g/mol. The van der Waals surface area contributed by atoms with E-state index >= 15 is 0 Å². The van der Waals surface area contributed by atoms with Gasteiger partial charge in [0.1, 0.15) is 17.2 Å². The van der Waals surface area contributed by atoms with Gasteiger partial charge in [0.2, 0.25) is 15.8 Å². The molecule has 1 aliphatic rings. The largest absolute Gasteiger partial charge is 0.502 e. The van der Waals surface area contributed by atoms with Gasteiger partial charge in [0.25, 0.3) is 5.91 Å². The number of hydrogen-bond acceptors (Lipinski definition) is 14. The van der Waals surface area contributed by atoms with E-state index in [1.807, 2.05) is 6.07 Å². The second-order valence-electron chi connectivity index (χ2n) is 14.3. The van der Waals surface area contributed by atoms with Crippen molar-refractivity contribution in [1.29, 1.82) is 0 Å². The monoisotopic (exact) mass is 898 g/mol. The van der Waals surface area contributed by atoms with Crippen molar-refractivity contribution in [1.82, 2.24) is 5.32 Å². The van der Waals surface area contributed by atoms with Crippen LogP contribution in [0.15, 0.2) is 76.9 Å². The lowest BCUT2D eigenvalue weighted by atomic mass is 10.0. The van der Waals surface area contributed by atoms with Gasteiger partial charge in [-0.15, -0.1) is 0 Å². The Labute approximate surface area is 366 Å². The minimum absolute atomic E-state index is 0.0494. The van der Waals surface area contributed by atoms with Crippen LogP contribution < -0.4 is 9.62 Å². The van der Waals surface area contributed by atoms with E-state index in [0.29, 0.717) is 86.2 Å². The average Bonchev–Trinajstić information content (AvgIpc) is 4.05. The topological polar surface area (TPSA) is 199 Å². The van der Waals surface area contributed by atoms with Crippen LogP contribution in [0.4, 0.5) is 10.1 Å². The molecule has 0 atom stereocenters. The predicted molar refractivity (Wildman–Crippen MR) is 231 cm³/mol. The number of hydrogen-bond donors (Lipinski definition) is 2. The number of furan rings is 1. The fourth-order valence-corrected chi connectivity index (χ4v) is 7.35. The van der Waals surface area contributed by atoms with Crippen LogP contribution in [-0.2, 0) is 54.6 Å². The van der Waals surface area contributed by atoms with E-state index in [4.69, 9.17) is 32.8 Å². The number of rotatable bonds is 29. The molecule has 0 bridgehead atoms. The summed E-state index contributed by atoms with van der Waals surface area (Å²) in [6.07, 6.45) is 3.73. The number of ether oxygens (including phenoxy) is 7. The molecule has 3 aromatic carbocycles. The molecule has 1 heterocycles. The number of ketones is 1. The highest BCUT2D eigenvalue weighted by Gasteiger charge is 2.33. The van der Waals surface area contributed by atoms with Crippen molar-refractivity contribution in [2.24, 2.45) is 0 Å². The number of aliphatic hydroxyl groups excluding tert-OH is 1. The van der Waals surface area contributed by atoms with E-state index in [0.717, 1.165) is 36.3 Å². The zero-order valence-electron chi connectivity index (χ0n) is 35.7. The highest BCUT2D eigenvalue weighted by atomic mass is 32.2. The van der Waals surface area contributed by atoms with Crippen LogP contribution in [0.2, 0.25) is 0 Å². The Morgan fingerprint density at radius 3 is 1.98 bits per heavy atom. The Hall–Kier alpha value is -5.21. The first-order valence-corrected chi connectivity index (χ1v) is 22.5. The maximum atomic E-state index is 13.7. The van der Waals surface area contributed by atoms with E-state index in [1.165, 1.54) is 35.6 Å². The molecule has 0 unspecified atom stereocenters. The van der Waals surface area contributed by atoms with Crippen LogP contribution in [0, 0.1) is 5.82 Å². The summed E-state index contributed by atoms with van der Waals surface area (Å²) in [7, 11) is -2.22. The van der Waals surface area contributed by atoms with E-state index in [2.05, 4.69) is 10.1 Å². The van der Waals surface area contributed by atoms with Gasteiger partial charge in [-0.2, -0.15) is 0 Å². The van der Waals surface area contributed by atoms with Gasteiger partial charge in [-0.3, -0.25) is 13.9 Å². The van der Waals surface area contributed by atoms with Crippen LogP contribution in [0.1, 0.15) is 57.5 Å². The zero-order chi connectivity index (χ0) is 45.2. The second kappa shape index (κ2) is 24.6. The average molecular weight is 899 g/mol. The number of amides is 1. The lowest BCUT2D eigenvalue weighted by Gasteiger charge is -2.25. The molecule has 16 nitrogen and oxygen atoms in total. The van der Waals surface area contributed by atoms with Crippen molar-refractivity contribution in [3.8, 4) is 11.3 Å². The van der Waals surface area contributed by atoms with Crippen LogP contribution >= 0.6 is 0 Å². The summed E-state index contributed by atoms with van der Waals surface area (Å²) in [4.78, 5) is 37.0. The van der Waals surface area contributed by atoms with Gasteiger partial charge in [0.05, 0.1) is 110 Å². The number of esters is 1. The summed E-state index contributed by atoms with van der Waals surface area (Å²) in [5.74, 6) is -2.66. The molecule has 1 amide bonds. The number of aliphatic hydroxyl groups is 1. The molecule has 1 saturated carbocycles. The fraction of sp³-hybridized carbons (Fsp3) is 0.444. The molecule has 63 heavy (non-hydrogen) atoms. The molecule has 4 aromatic rings. The first-order valence-electron chi connectivity index (χ1n) is 20.6. The number of carbonyl (C=O) groups excluding carboxylic acids is 3. The summed E-state index contributed by atoms with van der Waals surface area (Å²) in [5.41, 5.74) is 3.45. The molecule has 0 saturated heterocycles. The SMILES string of the molecule is CCOC(=O)/C(O)=C/C(=O)c1cccc(COCCOCCOCCOCCOCCOCCN(c2cc3oc(-c4ccc(F)cc4)c(C(=O)NC)c3cc2C2CC2)S(C)(=O)=O)c1. The third-order valence-corrected chi connectivity index (χ3v) is 10.8. The highest BCUT2D eigenvalue weighted by molar-refractivity contribution is 7.92. The number of nitrogens with zero attached hydrogens (tertiary/aromatic N) is 1. The van der Waals surface area contributed by atoms with Crippen LogP contribution in [0.3, 0.4) is 0 Å². The lowest BCUT2D eigenvalue weighted by Crippen LogP contribution is -2.34. The summed E-state index contributed by atoms with van der Waals surface area (Å²) >= 11 is 0. The predicted octanol–water partition coefficient (Wildman–Crippen LogP) is 5.73. The van der Waals surface area contributed by atoms with Gasteiger partial charge in [0, 0.05) is 35.7 Å². The Morgan fingerprint density at radius 1 is 0.841 bits per heavy atom. The van der Waals surface area contributed by atoms with Gasteiger partial charge in [-0.1, -0.05) is 18.2 Å². The van der Waals surface area contributed by atoms with Gasteiger partial charge < -0.3 is 48.0 Å². The zero-order valence-corrected chi connectivity index (χ0v) is 36.5. The molecule has 342 valence electrons. The molecule has 2 N–H and O–H groups in total. The molecule has 0 radical (unpaired) electrons. The van der Waals surface area contributed by atoms with E-state index < -0.39 is 33.4 Å². The number of carbonyl (C=O) groups is 3. The minimum Gasteiger partial charge on any atom is -0.502 e. The second-order valence-corrected chi connectivity index (χ2v) is 16.2. The normalized spacial score (nSPS) is 13.0. The van der Waals surface area contributed by atoms with Crippen molar-refractivity contribution < 1.29 is 69.9 Å². The van der Waals surface area contributed by atoms with Crippen molar-refractivity contribution in [3.05, 3.63) is 101 Å². The highest BCUT2D eigenvalue weighted by Crippen LogP contribution is 2.48. The number of allylic oxidation sites excluding steroid dienone is 1. The molecule has 1 aliphatic carbocycles. The summed E-state index contributed by atoms with van der Waals surface area (Å²) < 4.78 is 85.6. The molecule has 0 spiro atoms.